The number of carboxylic acids is 1. The molecule has 7 nitrogen and oxygen atoms in total. The van der Waals surface area contributed by atoms with E-state index in [1.165, 1.54) is 18.2 Å². The summed E-state index contributed by atoms with van der Waals surface area (Å²) in [6.07, 6.45) is 1.58. The summed E-state index contributed by atoms with van der Waals surface area (Å²) in [5.74, 6) is -1.04. The molecule has 0 saturated heterocycles. The van der Waals surface area contributed by atoms with Crippen LogP contribution in [0.4, 0.5) is 5.69 Å². The molecule has 0 atom stereocenters. The lowest BCUT2D eigenvalue weighted by atomic mass is 10.2. The minimum Gasteiger partial charge on any atom is -0.478 e. The number of rotatable bonds is 5. The molecule has 8 heteroatoms. The second-order valence-electron chi connectivity index (χ2n) is 4.34. The molecule has 0 spiro atoms. The van der Waals surface area contributed by atoms with E-state index in [0.29, 0.717) is 12.2 Å². The van der Waals surface area contributed by atoms with Gasteiger partial charge < -0.3 is 10.4 Å². The van der Waals surface area contributed by atoms with Crippen molar-refractivity contribution >= 4 is 29.2 Å². The molecule has 0 bridgehead atoms. The first-order valence-corrected chi connectivity index (χ1v) is 6.64. The summed E-state index contributed by atoms with van der Waals surface area (Å²) in [5, 5.41) is 18.2. The van der Waals surface area contributed by atoms with Crippen LogP contribution in [0.25, 0.3) is 0 Å². The van der Waals surface area contributed by atoms with E-state index in [2.05, 4.69) is 20.5 Å². The summed E-state index contributed by atoms with van der Waals surface area (Å²) in [4.78, 5) is 27.0. The average molecular weight is 309 g/mol. The van der Waals surface area contributed by atoms with Crippen molar-refractivity contribution in [2.45, 2.75) is 19.8 Å². The van der Waals surface area contributed by atoms with E-state index >= 15 is 0 Å². The molecule has 0 fully saturated rings. The maximum absolute atomic E-state index is 12.0. The molecular formula is C13H13ClN4O3. The Labute approximate surface area is 125 Å². The molecule has 1 amide bonds. The Kier molecular flexibility index (Phi) is 4.54. The molecule has 3 N–H and O–H groups in total. The highest BCUT2D eigenvalue weighted by Crippen LogP contribution is 2.19. The third kappa shape index (κ3) is 3.79. The van der Waals surface area contributed by atoms with Crippen LogP contribution in [0.2, 0.25) is 5.02 Å². The van der Waals surface area contributed by atoms with Crippen molar-refractivity contribution < 1.29 is 14.7 Å². The molecule has 0 radical (unpaired) electrons. The van der Waals surface area contributed by atoms with Gasteiger partial charge in [-0.3, -0.25) is 9.89 Å². The topological polar surface area (TPSA) is 108 Å². The van der Waals surface area contributed by atoms with Gasteiger partial charge in [0, 0.05) is 17.1 Å². The van der Waals surface area contributed by atoms with Crippen molar-refractivity contribution in [3.63, 3.8) is 0 Å². The number of anilines is 1. The first-order chi connectivity index (χ1) is 9.99. The number of aryl methyl sites for hydroxylation is 1. The molecule has 0 aliphatic heterocycles. The zero-order chi connectivity index (χ0) is 15.4. The van der Waals surface area contributed by atoms with Gasteiger partial charge in [-0.05, 0) is 24.6 Å². The number of carboxylic acid groups (broad SMARTS) is 1. The first-order valence-electron chi connectivity index (χ1n) is 6.26. The second kappa shape index (κ2) is 6.36. The second-order valence-corrected chi connectivity index (χ2v) is 4.78. The highest BCUT2D eigenvalue weighted by atomic mass is 35.5. The number of H-pyrrole nitrogens is 1. The fourth-order valence-corrected chi connectivity index (χ4v) is 1.95. The molecule has 0 unspecified atom stereocenters. The minimum atomic E-state index is -1.13. The monoisotopic (exact) mass is 308 g/mol. The summed E-state index contributed by atoms with van der Waals surface area (Å²) in [5.41, 5.74) is 0.256. The van der Waals surface area contributed by atoms with Crippen LogP contribution in [0.3, 0.4) is 0 Å². The average Bonchev–Trinajstić information content (AvgIpc) is 2.87. The maximum Gasteiger partial charge on any atom is 0.335 e. The molecule has 0 aliphatic rings. The number of benzene rings is 1. The lowest BCUT2D eigenvalue weighted by Gasteiger charge is -2.04. The number of nitrogens with one attached hydrogen (secondary N) is 2. The number of hydrogen-bond donors (Lipinski definition) is 3. The highest BCUT2D eigenvalue weighted by molar-refractivity contribution is 6.31. The number of hydrogen-bond acceptors (Lipinski definition) is 4. The van der Waals surface area contributed by atoms with Gasteiger partial charge >= 0.3 is 5.97 Å². The van der Waals surface area contributed by atoms with Gasteiger partial charge in [-0.2, -0.15) is 0 Å². The first kappa shape index (κ1) is 15.0. The van der Waals surface area contributed by atoms with E-state index in [1.54, 1.807) is 0 Å². The largest absolute Gasteiger partial charge is 0.478 e. The Bertz CT molecular complexity index is 684. The number of nitrogens with zero attached hydrogens (tertiary/aromatic N) is 2. The molecule has 0 aliphatic carbocycles. The standard InChI is InChI=1S/C13H13ClN4O3/c1-2-3-10-16-11(18-17-10)12(19)15-9-5-7(13(20)21)4-8(14)6-9/h4-6H,2-3H2,1H3,(H,15,19)(H,20,21)(H,16,17,18). The number of aromatic carboxylic acids is 1. The molecular weight excluding hydrogens is 296 g/mol. The Balaban J connectivity index is 2.16. The quantitative estimate of drug-likeness (QED) is 0.785. The maximum atomic E-state index is 12.0. The Morgan fingerprint density at radius 2 is 2.14 bits per heavy atom. The Morgan fingerprint density at radius 3 is 2.81 bits per heavy atom. The van der Waals surface area contributed by atoms with Crippen molar-refractivity contribution in [3.05, 3.63) is 40.4 Å². The Morgan fingerprint density at radius 1 is 1.38 bits per heavy atom. The van der Waals surface area contributed by atoms with Crippen molar-refractivity contribution in [3.8, 4) is 0 Å². The van der Waals surface area contributed by atoms with Crippen LogP contribution in [-0.4, -0.2) is 32.2 Å². The van der Waals surface area contributed by atoms with Crippen molar-refractivity contribution in [2.75, 3.05) is 5.32 Å². The third-order valence-corrected chi connectivity index (χ3v) is 2.84. The van der Waals surface area contributed by atoms with Gasteiger partial charge in [0.15, 0.2) is 0 Å². The van der Waals surface area contributed by atoms with E-state index in [0.717, 1.165) is 6.42 Å². The van der Waals surface area contributed by atoms with Crippen LogP contribution < -0.4 is 5.32 Å². The van der Waals surface area contributed by atoms with E-state index in [4.69, 9.17) is 16.7 Å². The number of aromatic amines is 1. The predicted octanol–water partition coefficient (Wildman–Crippen LogP) is 2.36. The fourth-order valence-electron chi connectivity index (χ4n) is 1.72. The van der Waals surface area contributed by atoms with Gasteiger partial charge in [0.1, 0.15) is 5.82 Å². The predicted molar refractivity (Wildman–Crippen MR) is 76.7 cm³/mol. The molecule has 1 aromatic carbocycles. The van der Waals surface area contributed by atoms with Crippen molar-refractivity contribution in [2.24, 2.45) is 0 Å². The van der Waals surface area contributed by atoms with E-state index < -0.39 is 11.9 Å². The number of amides is 1. The third-order valence-electron chi connectivity index (χ3n) is 2.62. The van der Waals surface area contributed by atoms with E-state index in [9.17, 15) is 9.59 Å². The number of carbonyl (C=O) groups is 2. The van der Waals surface area contributed by atoms with E-state index in [1.807, 2.05) is 6.92 Å². The van der Waals surface area contributed by atoms with Crippen LogP contribution in [-0.2, 0) is 6.42 Å². The number of aromatic nitrogens is 3. The van der Waals surface area contributed by atoms with Gasteiger partial charge in [-0.15, -0.1) is 5.10 Å². The zero-order valence-electron chi connectivity index (χ0n) is 11.2. The van der Waals surface area contributed by atoms with Crippen LogP contribution >= 0.6 is 11.6 Å². The summed E-state index contributed by atoms with van der Waals surface area (Å²) in [7, 11) is 0. The lowest BCUT2D eigenvalue weighted by Crippen LogP contribution is -2.14. The molecule has 1 heterocycles. The molecule has 21 heavy (non-hydrogen) atoms. The zero-order valence-corrected chi connectivity index (χ0v) is 11.9. The van der Waals surface area contributed by atoms with Gasteiger partial charge in [0.05, 0.1) is 5.56 Å². The van der Waals surface area contributed by atoms with Crippen LogP contribution in [0, 0.1) is 0 Å². The molecule has 110 valence electrons. The summed E-state index contributed by atoms with van der Waals surface area (Å²) >= 11 is 5.82. The summed E-state index contributed by atoms with van der Waals surface area (Å²) in [6.45, 7) is 1.99. The van der Waals surface area contributed by atoms with Crippen molar-refractivity contribution in [1.82, 2.24) is 15.2 Å². The van der Waals surface area contributed by atoms with Gasteiger partial charge in [0.25, 0.3) is 5.91 Å². The van der Waals surface area contributed by atoms with Crippen molar-refractivity contribution in [1.29, 1.82) is 0 Å². The molecule has 0 saturated carbocycles. The fraction of sp³-hybridized carbons (Fsp3) is 0.231. The molecule has 2 aromatic rings. The van der Waals surface area contributed by atoms with Gasteiger partial charge in [-0.25, -0.2) is 9.78 Å². The van der Waals surface area contributed by atoms with Gasteiger partial charge in [0.2, 0.25) is 5.82 Å². The SMILES string of the molecule is CCCc1nc(C(=O)Nc2cc(Cl)cc(C(=O)O)c2)n[nH]1. The highest BCUT2D eigenvalue weighted by Gasteiger charge is 2.14. The van der Waals surface area contributed by atoms with Gasteiger partial charge in [-0.1, -0.05) is 18.5 Å². The van der Waals surface area contributed by atoms with Crippen LogP contribution in [0.5, 0.6) is 0 Å². The number of carbonyl (C=O) groups excluding carboxylic acids is 1. The summed E-state index contributed by atoms with van der Waals surface area (Å²) < 4.78 is 0. The lowest BCUT2D eigenvalue weighted by molar-refractivity contribution is 0.0696. The van der Waals surface area contributed by atoms with Crippen LogP contribution in [0.15, 0.2) is 18.2 Å². The normalized spacial score (nSPS) is 10.4. The smallest absolute Gasteiger partial charge is 0.335 e. The minimum absolute atomic E-state index is 0.00435. The van der Waals surface area contributed by atoms with E-state index in [-0.39, 0.29) is 22.1 Å². The number of halogens is 1. The molecule has 1 aromatic heterocycles. The molecule has 2 rings (SSSR count). The Hall–Kier alpha value is -2.41. The van der Waals surface area contributed by atoms with Crippen LogP contribution in [0.1, 0.15) is 40.1 Å². The summed E-state index contributed by atoms with van der Waals surface area (Å²) in [6, 6.07) is 4.06.